The molecule has 2 rings (SSSR count). The van der Waals surface area contributed by atoms with Gasteiger partial charge in [0, 0.05) is 19.2 Å². The monoisotopic (exact) mass is 319 g/mol. The molecule has 0 aliphatic heterocycles. The van der Waals surface area contributed by atoms with E-state index >= 15 is 0 Å². The Kier molecular flexibility index (Phi) is 7.69. The molecule has 1 aromatic heterocycles. The summed E-state index contributed by atoms with van der Waals surface area (Å²) in [5.41, 5.74) is 1.76. The molecule has 4 nitrogen and oxygen atoms in total. The Balaban J connectivity index is 0.00000242. The number of hydrogen-bond acceptors (Lipinski definition) is 3. The van der Waals surface area contributed by atoms with E-state index in [1.807, 2.05) is 56.6 Å². The molecular formula is C17H22ClN3O. The average Bonchev–Trinajstić information content (AvgIpc) is 2.95. The second kappa shape index (κ2) is 9.26. The van der Waals surface area contributed by atoms with Crippen LogP contribution in [0.2, 0.25) is 0 Å². The number of nitrogens with one attached hydrogen (secondary N) is 1. The molecule has 118 valence electrons. The standard InChI is InChI=1S/C17H21N3O.ClH/c1-3-4-10-15-11-12-20(19-15)17(16(21)13-18-2)14-8-6-5-7-9-14;/h5-9,11-12,16-18,21H,3,13H2,1-2H3;1H. The summed E-state index contributed by atoms with van der Waals surface area (Å²) < 4.78 is 1.79. The normalized spacial score (nSPS) is 12.7. The quantitative estimate of drug-likeness (QED) is 0.831. The summed E-state index contributed by atoms with van der Waals surface area (Å²) >= 11 is 0. The highest BCUT2D eigenvalue weighted by molar-refractivity contribution is 5.85. The van der Waals surface area contributed by atoms with Gasteiger partial charge in [-0.05, 0) is 24.6 Å². The van der Waals surface area contributed by atoms with E-state index in [-0.39, 0.29) is 18.4 Å². The molecule has 1 heterocycles. The first-order chi connectivity index (χ1) is 10.3. The molecule has 0 fully saturated rings. The first kappa shape index (κ1) is 18.2. The van der Waals surface area contributed by atoms with Gasteiger partial charge in [0.1, 0.15) is 11.7 Å². The molecule has 0 saturated carbocycles. The largest absolute Gasteiger partial charge is 0.389 e. The summed E-state index contributed by atoms with van der Waals surface area (Å²) in [6.45, 7) is 2.50. The molecule has 2 aromatic rings. The highest BCUT2D eigenvalue weighted by Gasteiger charge is 2.23. The SMILES string of the molecule is CCC#Cc1ccn(C(c2ccccc2)C(O)CNC)n1.Cl. The van der Waals surface area contributed by atoms with Crippen molar-refractivity contribution in [3.63, 3.8) is 0 Å². The van der Waals surface area contributed by atoms with Crippen LogP contribution in [0.3, 0.4) is 0 Å². The predicted molar refractivity (Wildman–Crippen MR) is 91.2 cm³/mol. The van der Waals surface area contributed by atoms with Crippen molar-refractivity contribution in [2.45, 2.75) is 25.5 Å². The second-order valence-corrected chi connectivity index (χ2v) is 4.82. The van der Waals surface area contributed by atoms with Crippen molar-refractivity contribution in [1.82, 2.24) is 15.1 Å². The van der Waals surface area contributed by atoms with Crippen molar-refractivity contribution < 1.29 is 5.11 Å². The lowest BCUT2D eigenvalue weighted by Gasteiger charge is -2.23. The van der Waals surface area contributed by atoms with Gasteiger partial charge in [0.2, 0.25) is 0 Å². The molecule has 5 heteroatoms. The maximum absolute atomic E-state index is 10.4. The van der Waals surface area contributed by atoms with Crippen molar-refractivity contribution in [2.24, 2.45) is 0 Å². The van der Waals surface area contributed by atoms with Crippen LogP contribution in [0.15, 0.2) is 42.6 Å². The summed E-state index contributed by atoms with van der Waals surface area (Å²) in [6.07, 6.45) is 2.11. The number of hydrogen-bond donors (Lipinski definition) is 2. The summed E-state index contributed by atoms with van der Waals surface area (Å²) in [4.78, 5) is 0. The van der Waals surface area contributed by atoms with E-state index in [2.05, 4.69) is 22.3 Å². The highest BCUT2D eigenvalue weighted by atomic mass is 35.5. The molecule has 0 spiro atoms. The number of aliphatic hydroxyl groups is 1. The van der Waals surface area contributed by atoms with Crippen molar-refractivity contribution in [3.8, 4) is 11.8 Å². The molecule has 2 atom stereocenters. The maximum Gasteiger partial charge on any atom is 0.135 e. The van der Waals surface area contributed by atoms with Gasteiger partial charge in [-0.2, -0.15) is 5.10 Å². The lowest BCUT2D eigenvalue weighted by atomic mass is 10.0. The number of nitrogens with zero attached hydrogens (tertiary/aromatic N) is 2. The van der Waals surface area contributed by atoms with Crippen LogP contribution in [0.1, 0.15) is 30.6 Å². The molecule has 1 aromatic carbocycles. The van der Waals surface area contributed by atoms with Gasteiger partial charge in [-0.1, -0.05) is 43.2 Å². The Hall–Kier alpha value is -1.80. The number of aliphatic hydroxyl groups excluding tert-OH is 1. The molecule has 2 N–H and O–H groups in total. The van der Waals surface area contributed by atoms with Crippen molar-refractivity contribution >= 4 is 12.4 Å². The third-order valence-corrected chi connectivity index (χ3v) is 3.21. The molecule has 22 heavy (non-hydrogen) atoms. The van der Waals surface area contributed by atoms with Gasteiger partial charge in [-0.25, -0.2) is 0 Å². The fourth-order valence-electron chi connectivity index (χ4n) is 2.26. The van der Waals surface area contributed by atoms with E-state index in [1.54, 1.807) is 4.68 Å². The van der Waals surface area contributed by atoms with Gasteiger partial charge in [-0.3, -0.25) is 4.68 Å². The van der Waals surface area contributed by atoms with E-state index in [0.717, 1.165) is 17.7 Å². The smallest absolute Gasteiger partial charge is 0.135 e. The lowest BCUT2D eigenvalue weighted by Crippen LogP contribution is -2.33. The molecule has 0 saturated heterocycles. The molecule has 2 unspecified atom stereocenters. The van der Waals surface area contributed by atoms with Gasteiger partial charge < -0.3 is 10.4 Å². The molecular weight excluding hydrogens is 298 g/mol. The van der Waals surface area contributed by atoms with Gasteiger partial charge in [0.15, 0.2) is 0 Å². The van der Waals surface area contributed by atoms with Gasteiger partial charge in [-0.15, -0.1) is 12.4 Å². The number of halogens is 1. The molecule has 0 radical (unpaired) electrons. The van der Waals surface area contributed by atoms with Crippen LogP contribution >= 0.6 is 12.4 Å². The molecule has 0 bridgehead atoms. The van der Waals surface area contributed by atoms with Crippen molar-refractivity contribution in [2.75, 3.05) is 13.6 Å². The zero-order chi connectivity index (χ0) is 15.1. The van der Waals surface area contributed by atoms with Crippen LogP contribution in [0, 0.1) is 11.8 Å². The number of rotatable bonds is 5. The average molecular weight is 320 g/mol. The number of likely N-dealkylation sites (N-methyl/N-ethyl adjacent to an activating group) is 1. The van der Waals surface area contributed by atoms with Crippen LogP contribution in [-0.4, -0.2) is 34.6 Å². The van der Waals surface area contributed by atoms with Crippen LogP contribution in [-0.2, 0) is 0 Å². The Morgan fingerprint density at radius 3 is 2.64 bits per heavy atom. The summed E-state index contributed by atoms with van der Waals surface area (Å²) in [5.74, 6) is 6.02. The first-order valence-electron chi connectivity index (χ1n) is 7.18. The van der Waals surface area contributed by atoms with Gasteiger partial charge in [0.05, 0.1) is 6.10 Å². The second-order valence-electron chi connectivity index (χ2n) is 4.82. The van der Waals surface area contributed by atoms with E-state index in [4.69, 9.17) is 0 Å². The Bertz CT molecular complexity index is 616. The van der Waals surface area contributed by atoms with Crippen molar-refractivity contribution in [1.29, 1.82) is 0 Å². The fraction of sp³-hybridized carbons (Fsp3) is 0.353. The fourth-order valence-corrected chi connectivity index (χ4v) is 2.26. The third-order valence-electron chi connectivity index (χ3n) is 3.21. The number of benzene rings is 1. The van der Waals surface area contributed by atoms with Crippen LogP contribution in [0.5, 0.6) is 0 Å². The van der Waals surface area contributed by atoms with Crippen molar-refractivity contribution in [3.05, 3.63) is 53.9 Å². The molecule has 0 amide bonds. The Labute approximate surface area is 138 Å². The first-order valence-corrected chi connectivity index (χ1v) is 7.18. The molecule has 0 aliphatic rings. The van der Waals surface area contributed by atoms with E-state index in [0.29, 0.717) is 6.54 Å². The van der Waals surface area contributed by atoms with Gasteiger partial charge in [0.25, 0.3) is 0 Å². The zero-order valence-corrected chi connectivity index (χ0v) is 13.7. The van der Waals surface area contributed by atoms with Crippen LogP contribution in [0.25, 0.3) is 0 Å². The summed E-state index contributed by atoms with van der Waals surface area (Å²) in [7, 11) is 1.83. The minimum atomic E-state index is -0.565. The topological polar surface area (TPSA) is 50.1 Å². The Morgan fingerprint density at radius 2 is 2.00 bits per heavy atom. The van der Waals surface area contributed by atoms with Crippen LogP contribution < -0.4 is 5.32 Å². The predicted octanol–water partition coefficient (Wildman–Crippen LogP) is 2.24. The minimum Gasteiger partial charge on any atom is -0.389 e. The maximum atomic E-state index is 10.4. The minimum absolute atomic E-state index is 0. The van der Waals surface area contributed by atoms with E-state index in [1.165, 1.54) is 0 Å². The highest BCUT2D eigenvalue weighted by Crippen LogP contribution is 2.21. The molecule has 0 aliphatic carbocycles. The summed E-state index contributed by atoms with van der Waals surface area (Å²) in [5, 5.41) is 17.9. The lowest BCUT2D eigenvalue weighted by molar-refractivity contribution is 0.124. The van der Waals surface area contributed by atoms with Crippen LogP contribution in [0.4, 0.5) is 0 Å². The van der Waals surface area contributed by atoms with E-state index < -0.39 is 6.10 Å². The van der Waals surface area contributed by atoms with Gasteiger partial charge >= 0.3 is 0 Å². The zero-order valence-electron chi connectivity index (χ0n) is 12.9. The third kappa shape index (κ3) is 4.60. The summed E-state index contributed by atoms with van der Waals surface area (Å²) in [6, 6.07) is 11.6. The van der Waals surface area contributed by atoms with E-state index in [9.17, 15) is 5.11 Å². The Morgan fingerprint density at radius 1 is 1.27 bits per heavy atom. The number of aromatic nitrogens is 2.